The lowest BCUT2D eigenvalue weighted by Crippen LogP contribution is -2.58. The molecular weight excluding hydrogens is 457 g/mol. The number of halogens is 2. The van der Waals surface area contributed by atoms with Crippen molar-refractivity contribution in [3.8, 4) is 6.07 Å². The maximum absolute atomic E-state index is 14.1. The second-order valence-corrected chi connectivity index (χ2v) is 9.38. The van der Waals surface area contributed by atoms with Crippen LogP contribution in [0.15, 0.2) is 72.8 Å². The van der Waals surface area contributed by atoms with Crippen molar-refractivity contribution in [2.45, 2.75) is 36.9 Å². The van der Waals surface area contributed by atoms with Gasteiger partial charge in [-0.1, -0.05) is 48.2 Å². The van der Waals surface area contributed by atoms with Crippen LogP contribution in [0.2, 0.25) is 10.0 Å². The van der Waals surface area contributed by atoms with E-state index in [1.807, 2.05) is 0 Å². The van der Waals surface area contributed by atoms with Gasteiger partial charge in [0.25, 0.3) is 0 Å². The fourth-order valence-electron chi connectivity index (χ4n) is 5.36. The molecule has 166 valence electrons. The van der Waals surface area contributed by atoms with Gasteiger partial charge in [0.05, 0.1) is 11.6 Å². The van der Waals surface area contributed by atoms with Crippen molar-refractivity contribution in [1.82, 2.24) is 0 Å². The van der Waals surface area contributed by atoms with E-state index in [1.54, 1.807) is 77.7 Å². The fourth-order valence-corrected chi connectivity index (χ4v) is 5.61. The number of anilines is 2. The lowest BCUT2D eigenvalue weighted by atomic mass is 9.78. The Bertz CT molecular complexity index is 1250. The van der Waals surface area contributed by atoms with Crippen LogP contribution in [-0.2, 0) is 5.72 Å². The van der Waals surface area contributed by atoms with Crippen molar-refractivity contribution in [2.75, 3.05) is 9.80 Å². The lowest BCUT2D eigenvalue weighted by molar-refractivity contribution is -0.0152. The van der Waals surface area contributed by atoms with Crippen LogP contribution in [0.25, 0.3) is 0 Å². The summed E-state index contributed by atoms with van der Waals surface area (Å²) in [4.78, 5) is 17.3. The Hall–Kier alpha value is -3.04. The number of nitriles is 1. The zero-order valence-corrected chi connectivity index (χ0v) is 19.2. The van der Waals surface area contributed by atoms with Gasteiger partial charge in [-0.05, 0) is 73.5 Å². The molecular formula is C26H21Cl2N3O2. The summed E-state index contributed by atoms with van der Waals surface area (Å²) in [5.41, 5.74) is -0.521. The summed E-state index contributed by atoms with van der Waals surface area (Å²) in [6.07, 6.45) is 2.95. The summed E-state index contributed by atoms with van der Waals surface area (Å²) in [7, 11) is 0. The molecule has 1 saturated carbocycles. The number of hydrogen-bond acceptors (Lipinski definition) is 3. The van der Waals surface area contributed by atoms with Crippen molar-refractivity contribution in [2.24, 2.45) is 0 Å². The molecule has 0 aromatic heterocycles. The Morgan fingerprint density at radius 3 is 1.94 bits per heavy atom. The van der Waals surface area contributed by atoms with Gasteiger partial charge in [-0.15, -0.1) is 0 Å². The molecule has 2 aliphatic rings. The van der Waals surface area contributed by atoms with Crippen LogP contribution in [0.3, 0.4) is 0 Å². The monoisotopic (exact) mass is 477 g/mol. The van der Waals surface area contributed by atoms with E-state index in [4.69, 9.17) is 23.2 Å². The van der Waals surface area contributed by atoms with Crippen LogP contribution in [0.1, 0.15) is 36.8 Å². The van der Waals surface area contributed by atoms with Crippen molar-refractivity contribution in [3.05, 3.63) is 94.0 Å². The van der Waals surface area contributed by atoms with Gasteiger partial charge in [0.2, 0.25) is 0 Å². The highest BCUT2D eigenvalue weighted by molar-refractivity contribution is 6.31. The van der Waals surface area contributed by atoms with Gasteiger partial charge in [-0.3, -0.25) is 9.80 Å². The average Bonchev–Trinajstić information content (AvgIpc) is 3.39. The second-order valence-electron chi connectivity index (χ2n) is 8.51. The van der Waals surface area contributed by atoms with Gasteiger partial charge in [0.15, 0.2) is 5.72 Å². The molecule has 0 bridgehead atoms. The van der Waals surface area contributed by atoms with Crippen LogP contribution in [0.4, 0.5) is 16.2 Å². The highest BCUT2D eigenvalue weighted by Crippen LogP contribution is 2.57. The fraction of sp³-hybridized carbons (Fsp3) is 0.231. The minimum Gasteiger partial charge on any atom is -0.364 e. The summed E-state index contributed by atoms with van der Waals surface area (Å²) in [6.45, 7) is 0. The van der Waals surface area contributed by atoms with Crippen LogP contribution in [-0.4, -0.2) is 16.7 Å². The molecule has 33 heavy (non-hydrogen) atoms. The van der Waals surface area contributed by atoms with E-state index in [9.17, 15) is 15.2 Å². The third-order valence-corrected chi connectivity index (χ3v) is 7.28. The average molecular weight is 478 g/mol. The summed E-state index contributed by atoms with van der Waals surface area (Å²) in [6, 6.07) is 22.6. The van der Waals surface area contributed by atoms with E-state index in [2.05, 4.69) is 6.07 Å². The molecule has 5 nitrogen and oxygen atoms in total. The van der Waals surface area contributed by atoms with E-state index < -0.39 is 11.3 Å². The molecule has 1 N–H and O–H groups in total. The molecule has 2 fully saturated rings. The van der Waals surface area contributed by atoms with Gasteiger partial charge in [-0.25, -0.2) is 4.79 Å². The molecule has 7 heteroatoms. The first-order chi connectivity index (χ1) is 15.9. The molecule has 0 radical (unpaired) electrons. The topological polar surface area (TPSA) is 67.6 Å². The predicted octanol–water partition coefficient (Wildman–Crippen LogP) is 6.47. The molecule has 3 aromatic rings. The van der Waals surface area contributed by atoms with Gasteiger partial charge in [0.1, 0.15) is 5.54 Å². The van der Waals surface area contributed by atoms with Crippen LogP contribution in [0.5, 0.6) is 0 Å². The molecule has 3 aromatic carbocycles. The maximum atomic E-state index is 14.1. The molecule has 1 aliphatic heterocycles. The molecule has 2 amide bonds. The quantitative estimate of drug-likeness (QED) is 0.469. The minimum absolute atomic E-state index is 0.341. The van der Waals surface area contributed by atoms with E-state index in [0.29, 0.717) is 45.4 Å². The number of nitrogens with zero attached hydrogens (tertiary/aromatic N) is 3. The third kappa shape index (κ3) is 3.21. The van der Waals surface area contributed by atoms with E-state index in [0.717, 1.165) is 12.8 Å². The van der Waals surface area contributed by atoms with Crippen molar-refractivity contribution in [3.63, 3.8) is 0 Å². The highest BCUT2D eigenvalue weighted by atomic mass is 35.5. The molecule has 1 atom stereocenters. The Morgan fingerprint density at radius 1 is 0.848 bits per heavy atom. The second kappa shape index (κ2) is 8.07. The highest BCUT2D eigenvalue weighted by Gasteiger charge is 2.69. The first-order valence-corrected chi connectivity index (χ1v) is 11.5. The smallest absolute Gasteiger partial charge is 0.332 e. The number of aliphatic hydroxyl groups is 1. The number of carbonyl (C=O) groups is 1. The largest absolute Gasteiger partial charge is 0.364 e. The third-order valence-electron chi connectivity index (χ3n) is 6.78. The molecule has 1 heterocycles. The van der Waals surface area contributed by atoms with Crippen LogP contribution >= 0.6 is 23.2 Å². The van der Waals surface area contributed by atoms with Gasteiger partial charge < -0.3 is 5.11 Å². The Labute approximate surface area is 202 Å². The van der Waals surface area contributed by atoms with Crippen molar-refractivity contribution < 1.29 is 9.90 Å². The predicted molar refractivity (Wildman–Crippen MR) is 130 cm³/mol. The Kier molecular flexibility index (Phi) is 5.33. The number of carbonyl (C=O) groups excluding carboxylic acids is 1. The summed E-state index contributed by atoms with van der Waals surface area (Å²) in [5, 5.41) is 23.3. The summed E-state index contributed by atoms with van der Waals surface area (Å²) < 4.78 is 0. The zero-order valence-electron chi connectivity index (χ0n) is 17.7. The standard InChI is InChI=1S/C26H21Cl2N3O2/c27-20-6-10-22(11-7-20)30-24(32)31(23-12-8-21(28)9-13-23)26(33,25(30)14-1-2-15-25)19-5-3-4-18(16-19)17-29/h3-13,16,33H,1-2,14-15H2. The first-order valence-electron chi connectivity index (χ1n) is 10.8. The summed E-state index contributed by atoms with van der Waals surface area (Å²) >= 11 is 12.2. The van der Waals surface area contributed by atoms with Crippen LogP contribution < -0.4 is 9.80 Å². The Balaban J connectivity index is 1.80. The number of amides is 2. The van der Waals surface area contributed by atoms with Gasteiger partial charge in [0, 0.05) is 27.0 Å². The SMILES string of the molecule is N#Cc1cccc(C2(O)N(c3ccc(Cl)cc3)C(=O)N(c3ccc(Cl)cc3)C23CCCC3)c1. The van der Waals surface area contributed by atoms with Gasteiger partial charge >= 0.3 is 6.03 Å². The van der Waals surface area contributed by atoms with Crippen molar-refractivity contribution in [1.29, 1.82) is 5.26 Å². The molecule has 1 saturated heterocycles. The number of rotatable bonds is 3. The molecule has 5 rings (SSSR count). The van der Waals surface area contributed by atoms with E-state index >= 15 is 0 Å². The molecule has 1 spiro atoms. The van der Waals surface area contributed by atoms with Crippen molar-refractivity contribution >= 4 is 40.6 Å². The van der Waals surface area contributed by atoms with Crippen LogP contribution in [0, 0.1) is 11.3 Å². The normalized spacial score (nSPS) is 21.6. The maximum Gasteiger partial charge on any atom is 0.332 e. The molecule has 1 unspecified atom stereocenters. The van der Waals surface area contributed by atoms with E-state index in [-0.39, 0.29) is 6.03 Å². The number of hydrogen-bond donors (Lipinski definition) is 1. The summed E-state index contributed by atoms with van der Waals surface area (Å²) in [5.74, 6) is 0. The zero-order chi connectivity index (χ0) is 23.2. The number of urea groups is 1. The van der Waals surface area contributed by atoms with Gasteiger partial charge in [-0.2, -0.15) is 5.26 Å². The lowest BCUT2D eigenvalue weighted by Gasteiger charge is -2.45. The first kappa shape index (κ1) is 21.8. The minimum atomic E-state index is -1.71. The molecule has 1 aliphatic carbocycles. The number of benzene rings is 3. The van der Waals surface area contributed by atoms with E-state index in [1.165, 1.54) is 4.90 Å². The Morgan fingerprint density at radius 2 is 1.39 bits per heavy atom.